The first kappa shape index (κ1) is 14.3. The highest BCUT2D eigenvalue weighted by Gasteiger charge is 2.43. The average molecular weight is 333 g/mol. The summed E-state index contributed by atoms with van der Waals surface area (Å²) < 4.78 is 0.930. The van der Waals surface area contributed by atoms with Crippen molar-refractivity contribution >= 4 is 27.5 Å². The molecule has 2 nitrogen and oxygen atoms in total. The van der Waals surface area contributed by atoms with E-state index in [-0.39, 0.29) is 5.41 Å². The number of aliphatic hydroxyl groups excluding tert-OH is 1. The number of halogens is 2. The topological polar surface area (TPSA) is 46.2 Å². The molecule has 3 unspecified atom stereocenters. The van der Waals surface area contributed by atoms with E-state index in [9.17, 15) is 5.11 Å². The van der Waals surface area contributed by atoms with E-state index < -0.39 is 6.10 Å². The second-order valence-electron chi connectivity index (χ2n) is 5.48. The van der Waals surface area contributed by atoms with E-state index in [0.29, 0.717) is 17.5 Å². The molecule has 0 radical (unpaired) electrons. The molecule has 18 heavy (non-hydrogen) atoms. The smallest absolute Gasteiger partial charge is 0.0873 e. The summed E-state index contributed by atoms with van der Waals surface area (Å²) in [6.07, 6.45) is 2.47. The molecular weight excluding hydrogens is 314 g/mol. The summed E-state index contributed by atoms with van der Waals surface area (Å²) in [6, 6.07) is 5.59. The predicted octanol–water partition coefficient (Wildman–Crippen LogP) is 3.90. The molecule has 3 atom stereocenters. The van der Waals surface area contributed by atoms with Gasteiger partial charge in [-0.15, -0.1) is 0 Å². The summed E-state index contributed by atoms with van der Waals surface area (Å²) >= 11 is 9.63. The Kier molecular flexibility index (Phi) is 4.37. The van der Waals surface area contributed by atoms with E-state index in [1.807, 2.05) is 18.2 Å². The first-order chi connectivity index (χ1) is 8.48. The van der Waals surface area contributed by atoms with Crippen molar-refractivity contribution in [2.45, 2.75) is 32.3 Å². The molecule has 0 heterocycles. The highest BCUT2D eigenvalue weighted by atomic mass is 79.9. The molecule has 1 aliphatic carbocycles. The molecule has 0 bridgehead atoms. The fourth-order valence-corrected chi connectivity index (χ4v) is 3.63. The Morgan fingerprint density at radius 1 is 1.61 bits per heavy atom. The number of rotatable bonds is 3. The van der Waals surface area contributed by atoms with E-state index >= 15 is 0 Å². The second kappa shape index (κ2) is 5.49. The molecule has 0 saturated heterocycles. The first-order valence-electron chi connectivity index (χ1n) is 6.31. The van der Waals surface area contributed by atoms with Gasteiger partial charge in [-0.25, -0.2) is 0 Å². The van der Waals surface area contributed by atoms with Gasteiger partial charge in [0.1, 0.15) is 0 Å². The molecule has 4 heteroatoms. The van der Waals surface area contributed by atoms with E-state index in [4.69, 9.17) is 17.3 Å². The third kappa shape index (κ3) is 2.60. The van der Waals surface area contributed by atoms with Crippen molar-refractivity contribution in [3.63, 3.8) is 0 Å². The molecule has 2 rings (SSSR count). The van der Waals surface area contributed by atoms with Crippen molar-refractivity contribution in [2.75, 3.05) is 6.54 Å². The Hall–Kier alpha value is -0.0900. The minimum absolute atomic E-state index is 0.218. The lowest BCUT2D eigenvalue weighted by molar-refractivity contribution is 0.0308. The maximum atomic E-state index is 10.7. The van der Waals surface area contributed by atoms with Crippen LogP contribution in [-0.4, -0.2) is 11.7 Å². The Labute approximate surface area is 122 Å². The lowest BCUT2D eigenvalue weighted by atomic mass is 9.77. The second-order valence-corrected chi connectivity index (χ2v) is 6.81. The Balaban J connectivity index is 2.34. The molecule has 1 fully saturated rings. The molecule has 0 aliphatic heterocycles. The van der Waals surface area contributed by atoms with Gasteiger partial charge in [-0.2, -0.15) is 0 Å². The van der Waals surface area contributed by atoms with Gasteiger partial charge in [0, 0.05) is 27.0 Å². The minimum atomic E-state index is -0.586. The monoisotopic (exact) mass is 331 g/mol. The largest absolute Gasteiger partial charge is 0.388 e. The summed E-state index contributed by atoms with van der Waals surface area (Å²) in [7, 11) is 0. The van der Waals surface area contributed by atoms with Crippen LogP contribution < -0.4 is 5.73 Å². The molecular formula is C14H19BrClNO. The van der Waals surface area contributed by atoms with E-state index in [2.05, 4.69) is 22.9 Å². The van der Waals surface area contributed by atoms with Crippen molar-refractivity contribution in [3.8, 4) is 0 Å². The fourth-order valence-electron chi connectivity index (χ4n) is 3.03. The van der Waals surface area contributed by atoms with Crippen molar-refractivity contribution in [1.82, 2.24) is 0 Å². The van der Waals surface area contributed by atoms with Gasteiger partial charge >= 0.3 is 0 Å². The van der Waals surface area contributed by atoms with E-state index in [1.54, 1.807) is 0 Å². The SMILES string of the molecule is CC1CCC(CN)(C(O)c2cc(Br)ccc2Cl)C1. The first-order valence-corrected chi connectivity index (χ1v) is 7.49. The standard InChI is InChI=1S/C14H19BrClNO/c1-9-4-5-14(7-9,8-17)13(18)11-6-10(15)2-3-12(11)16/h2-3,6,9,13,18H,4-5,7-8,17H2,1H3. The van der Waals surface area contributed by atoms with Crippen molar-refractivity contribution < 1.29 is 5.11 Å². The third-order valence-corrected chi connectivity index (χ3v) is 4.97. The third-order valence-electron chi connectivity index (χ3n) is 4.13. The molecule has 0 spiro atoms. The van der Waals surface area contributed by atoms with Crippen LogP contribution in [0.4, 0.5) is 0 Å². The zero-order valence-corrected chi connectivity index (χ0v) is 12.8. The van der Waals surface area contributed by atoms with Crippen LogP contribution in [0.1, 0.15) is 37.9 Å². The number of hydrogen-bond acceptors (Lipinski definition) is 2. The van der Waals surface area contributed by atoms with Crippen LogP contribution in [0.25, 0.3) is 0 Å². The van der Waals surface area contributed by atoms with Gasteiger partial charge in [0.15, 0.2) is 0 Å². The van der Waals surface area contributed by atoms with Gasteiger partial charge in [0.05, 0.1) is 6.10 Å². The molecule has 3 N–H and O–H groups in total. The summed E-state index contributed by atoms with van der Waals surface area (Å²) in [5, 5.41) is 11.3. The summed E-state index contributed by atoms with van der Waals surface area (Å²) in [5.74, 6) is 0.620. The highest BCUT2D eigenvalue weighted by molar-refractivity contribution is 9.10. The quantitative estimate of drug-likeness (QED) is 0.882. The van der Waals surface area contributed by atoms with Crippen molar-refractivity contribution in [3.05, 3.63) is 33.3 Å². The fraction of sp³-hybridized carbons (Fsp3) is 0.571. The van der Waals surface area contributed by atoms with Crippen molar-refractivity contribution in [1.29, 1.82) is 0 Å². The predicted molar refractivity (Wildman–Crippen MR) is 78.6 cm³/mol. The summed E-state index contributed by atoms with van der Waals surface area (Å²) in [5.41, 5.74) is 6.51. The van der Waals surface area contributed by atoms with Gasteiger partial charge in [-0.05, 0) is 37.0 Å². The molecule has 1 aliphatic rings. The maximum Gasteiger partial charge on any atom is 0.0873 e. The molecule has 0 amide bonds. The average Bonchev–Trinajstić information content (AvgIpc) is 2.74. The molecule has 1 aromatic carbocycles. The maximum absolute atomic E-state index is 10.7. The number of hydrogen-bond donors (Lipinski definition) is 2. The number of nitrogens with two attached hydrogens (primary N) is 1. The van der Waals surface area contributed by atoms with Crippen LogP contribution in [0.5, 0.6) is 0 Å². The summed E-state index contributed by atoms with van der Waals surface area (Å²) in [4.78, 5) is 0. The van der Waals surface area contributed by atoms with Crippen LogP contribution in [0.15, 0.2) is 22.7 Å². The highest BCUT2D eigenvalue weighted by Crippen LogP contribution is 2.50. The van der Waals surface area contributed by atoms with Crippen LogP contribution >= 0.6 is 27.5 Å². The molecule has 100 valence electrons. The lowest BCUT2D eigenvalue weighted by Crippen LogP contribution is -2.34. The van der Waals surface area contributed by atoms with Gasteiger partial charge < -0.3 is 10.8 Å². The van der Waals surface area contributed by atoms with Crippen LogP contribution in [0, 0.1) is 11.3 Å². The van der Waals surface area contributed by atoms with Gasteiger partial charge in [0.2, 0.25) is 0 Å². The molecule has 1 aromatic rings. The Bertz CT molecular complexity index is 440. The zero-order valence-electron chi connectivity index (χ0n) is 10.5. The Morgan fingerprint density at radius 2 is 2.33 bits per heavy atom. The van der Waals surface area contributed by atoms with E-state index in [1.165, 1.54) is 0 Å². The molecule has 1 saturated carbocycles. The van der Waals surface area contributed by atoms with Gasteiger partial charge in [-0.3, -0.25) is 0 Å². The minimum Gasteiger partial charge on any atom is -0.388 e. The van der Waals surface area contributed by atoms with Gasteiger partial charge in [0.25, 0.3) is 0 Å². The van der Waals surface area contributed by atoms with E-state index in [0.717, 1.165) is 29.3 Å². The van der Waals surface area contributed by atoms with Crippen LogP contribution in [0.2, 0.25) is 5.02 Å². The van der Waals surface area contributed by atoms with Crippen LogP contribution in [-0.2, 0) is 0 Å². The zero-order chi connectivity index (χ0) is 13.3. The summed E-state index contributed by atoms with van der Waals surface area (Å²) in [6.45, 7) is 2.72. The normalized spacial score (nSPS) is 29.5. The number of benzene rings is 1. The van der Waals surface area contributed by atoms with Crippen LogP contribution in [0.3, 0.4) is 0 Å². The lowest BCUT2D eigenvalue weighted by Gasteiger charge is -2.34. The molecule has 0 aromatic heterocycles. The van der Waals surface area contributed by atoms with Crippen molar-refractivity contribution in [2.24, 2.45) is 17.1 Å². The number of aliphatic hydroxyl groups is 1. The Morgan fingerprint density at radius 3 is 2.89 bits per heavy atom. The van der Waals surface area contributed by atoms with Gasteiger partial charge in [-0.1, -0.05) is 40.9 Å².